The highest BCUT2D eigenvalue weighted by molar-refractivity contribution is 5.19. The van der Waals surface area contributed by atoms with E-state index >= 15 is 0 Å². The molecule has 0 N–H and O–H groups in total. The van der Waals surface area contributed by atoms with Crippen LogP contribution in [0.5, 0.6) is 0 Å². The van der Waals surface area contributed by atoms with Gasteiger partial charge in [-0.05, 0) is 127 Å². The second-order valence-corrected chi connectivity index (χ2v) is 15.7. The summed E-state index contributed by atoms with van der Waals surface area (Å²) in [6.07, 6.45) is 16.3. The SMILES string of the molecule is COC1CCC2[C@]3(C)CC[C@@]4(C)C5CC(C)(C)CC[C@]5(C)CC[C@]4(C)C3CC[C@]2(C)[C@H]1C. The zero-order valence-electron chi connectivity index (χ0n) is 23.1. The molecule has 0 radical (unpaired) electrons. The van der Waals surface area contributed by atoms with Crippen LogP contribution in [0.2, 0.25) is 0 Å². The molecular formula is C31H54O. The molecule has 184 valence electrons. The highest BCUT2D eigenvalue weighted by Gasteiger charge is 2.70. The van der Waals surface area contributed by atoms with Crippen LogP contribution in [0.25, 0.3) is 0 Å². The van der Waals surface area contributed by atoms with Gasteiger partial charge in [0.15, 0.2) is 0 Å². The summed E-state index contributed by atoms with van der Waals surface area (Å²) in [6.45, 7) is 21.4. The fraction of sp³-hybridized carbons (Fsp3) is 1.00. The minimum absolute atomic E-state index is 0.463. The maximum atomic E-state index is 6.00. The van der Waals surface area contributed by atoms with Gasteiger partial charge in [-0.15, -0.1) is 0 Å². The maximum Gasteiger partial charge on any atom is 0.0602 e. The van der Waals surface area contributed by atoms with Crippen molar-refractivity contribution >= 4 is 0 Å². The van der Waals surface area contributed by atoms with E-state index in [1.54, 1.807) is 0 Å². The number of fused-ring (bicyclic) bond motifs is 7. The van der Waals surface area contributed by atoms with Gasteiger partial charge in [-0.25, -0.2) is 0 Å². The zero-order chi connectivity index (χ0) is 23.4. The maximum absolute atomic E-state index is 6.00. The number of ether oxygens (including phenoxy) is 1. The average Bonchev–Trinajstić information content (AvgIpc) is 2.72. The third kappa shape index (κ3) is 2.85. The van der Waals surface area contributed by atoms with Crippen molar-refractivity contribution in [3.05, 3.63) is 0 Å². The van der Waals surface area contributed by atoms with Crippen molar-refractivity contribution in [2.24, 2.45) is 56.2 Å². The monoisotopic (exact) mass is 442 g/mol. The van der Waals surface area contributed by atoms with Crippen LogP contribution in [0.1, 0.15) is 126 Å². The molecule has 0 saturated heterocycles. The van der Waals surface area contributed by atoms with E-state index in [1.807, 2.05) is 7.11 Å². The van der Waals surface area contributed by atoms with E-state index in [1.165, 1.54) is 70.6 Å². The predicted molar refractivity (Wildman–Crippen MR) is 136 cm³/mol. The Balaban J connectivity index is 1.52. The summed E-state index contributed by atoms with van der Waals surface area (Å²) in [4.78, 5) is 0. The van der Waals surface area contributed by atoms with Gasteiger partial charge in [0.2, 0.25) is 0 Å². The second kappa shape index (κ2) is 7.01. The molecule has 0 aromatic carbocycles. The largest absolute Gasteiger partial charge is 0.381 e. The summed E-state index contributed by atoms with van der Waals surface area (Å²) < 4.78 is 6.00. The van der Waals surface area contributed by atoms with Gasteiger partial charge in [0.05, 0.1) is 6.10 Å². The van der Waals surface area contributed by atoms with Gasteiger partial charge in [0.1, 0.15) is 0 Å². The number of hydrogen-bond acceptors (Lipinski definition) is 1. The van der Waals surface area contributed by atoms with Crippen molar-refractivity contribution < 1.29 is 4.74 Å². The van der Waals surface area contributed by atoms with E-state index < -0.39 is 0 Å². The summed E-state index contributed by atoms with van der Waals surface area (Å²) in [5.74, 6) is 3.40. The van der Waals surface area contributed by atoms with E-state index in [0.717, 1.165) is 17.8 Å². The topological polar surface area (TPSA) is 9.23 Å². The third-order valence-corrected chi connectivity index (χ3v) is 14.2. The molecular weight excluding hydrogens is 388 g/mol. The predicted octanol–water partition coefficient (Wildman–Crippen LogP) is 8.90. The fourth-order valence-corrected chi connectivity index (χ4v) is 11.7. The van der Waals surface area contributed by atoms with Crippen LogP contribution in [0, 0.1) is 56.2 Å². The average molecular weight is 443 g/mol. The van der Waals surface area contributed by atoms with Crippen LogP contribution in [0.15, 0.2) is 0 Å². The molecule has 5 saturated carbocycles. The zero-order valence-corrected chi connectivity index (χ0v) is 23.1. The molecule has 0 aliphatic heterocycles. The minimum Gasteiger partial charge on any atom is -0.381 e. The van der Waals surface area contributed by atoms with Crippen molar-refractivity contribution in [1.29, 1.82) is 0 Å². The summed E-state index contributed by atoms with van der Waals surface area (Å²) >= 11 is 0. The first-order chi connectivity index (χ1) is 14.8. The first-order valence-electron chi connectivity index (χ1n) is 14.3. The van der Waals surface area contributed by atoms with Crippen LogP contribution < -0.4 is 0 Å². The molecule has 0 amide bonds. The molecule has 0 spiro atoms. The van der Waals surface area contributed by atoms with Crippen molar-refractivity contribution in [2.75, 3.05) is 7.11 Å². The van der Waals surface area contributed by atoms with Crippen LogP contribution in [-0.4, -0.2) is 13.2 Å². The molecule has 10 atom stereocenters. The normalized spacial score (nSPS) is 59.3. The van der Waals surface area contributed by atoms with E-state index in [2.05, 4.69) is 55.4 Å². The molecule has 5 fully saturated rings. The smallest absolute Gasteiger partial charge is 0.0602 e. The Morgan fingerprint density at radius 1 is 0.594 bits per heavy atom. The molecule has 0 aromatic rings. The number of methoxy groups -OCH3 is 1. The standard InChI is InChI=1S/C31H54O/c1-21-22(32-9)10-11-23-28(21,5)13-12-24-29(23,6)17-19-31(8)25-20-26(2,3)14-15-27(25,4)16-18-30(24,31)7/h21-25H,10-20H2,1-9H3/t21-,22?,23?,24?,25?,27+,28+,29-,30+,31-/m0/s1. The lowest BCUT2D eigenvalue weighted by molar-refractivity contribution is -0.263. The molecule has 5 aliphatic carbocycles. The fourth-order valence-electron chi connectivity index (χ4n) is 11.7. The molecule has 32 heavy (non-hydrogen) atoms. The van der Waals surface area contributed by atoms with E-state index in [0.29, 0.717) is 44.5 Å². The Morgan fingerprint density at radius 2 is 1.22 bits per heavy atom. The first kappa shape index (κ1) is 23.7. The minimum atomic E-state index is 0.463. The van der Waals surface area contributed by atoms with Crippen molar-refractivity contribution in [2.45, 2.75) is 132 Å². The first-order valence-corrected chi connectivity index (χ1v) is 14.3. The second-order valence-electron chi connectivity index (χ2n) is 15.7. The van der Waals surface area contributed by atoms with Gasteiger partial charge in [0, 0.05) is 7.11 Å². The van der Waals surface area contributed by atoms with Gasteiger partial charge in [-0.3, -0.25) is 0 Å². The molecule has 4 unspecified atom stereocenters. The number of hydrogen-bond donors (Lipinski definition) is 0. The lowest BCUT2D eigenvalue weighted by Crippen LogP contribution is -2.68. The summed E-state index contributed by atoms with van der Waals surface area (Å²) in [7, 11) is 1.95. The summed E-state index contributed by atoms with van der Waals surface area (Å²) in [6, 6.07) is 0. The van der Waals surface area contributed by atoms with Crippen molar-refractivity contribution in [3.8, 4) is 0 Å². The van der Waals surface area contributed by atoms with Gasteiger partial charge >= 0.3 is 0 Å². The quantitative estimate of drug-likeness (QED) is 0.394. The Hall–Kier alpha value is -0.0400. The van der Waals surface area contributed by atoms with Gasteiger partial charge in [-0.1, -0.05) is 55.4 Å². The Morgan fingerprint density at radius 3 is 1.91 bits per heavy atom. The van der Waals surface area contributed by atoms with E-state index in [-0.39, 0.29) is 0 Å². The molecule has 5 aliphatic rings. The molecule has 1 heteroatoms. The number of rotatable bonds is 1. The van der Waals surface area contributed by atoms with Crippen molar-refractivity contribution in [1.82, 2.24) is 0 Å². The summed E-state index contributed by atoms with van der Waals surface area (Å²) in [5, 5.41) is 0. The molecule has 0 bridgehead atoms. The third-order valence-electron chi connectivity index (χ3n) is 14.2. The Kier molecular flexibility index (Phi) is 5.19. The molecule has 0 aromatic heterocycles. The van der Waals surface area contributed by atoms with Crippen LogP contribution in [-0.2, 0) is 4.74 Å². The molecule has 0 heterocycles. The van der Waals surface area contributed by atoms with Crippen molar-refractivity contribution in [3.63, 3.8) is 0 Å². The Labute approximate surface area is 200 Å². The van der Waals surface area contributed by atoms with Crippen LogP contribution in [0.4, 0.5) is 0 Å². The van der Waals surface area contributed by atoms with Gasteiger partial charge in [0.25, 0.3) is 0 Å². The van der Waals surface area contributed by atoms with Gasteiger partial charge in [-0.2, -0.15) is 0 Å². The lowest BCUT2D eigenvalue weighted by Gasteiger charge is -2.75. The molecule has 1 nitrogen and oxygen atoms in total. The van der Waals surface area contributed by atoms with E-state index in [9.17, 15) is 0 Å². The van der Waals surface area contributed by atoms with Crippen LogP contribution >= 0.6 is 0 Å². The molecule has 5 rings (SSSR count). The van der Waals surface area contributed by atoms with Crippen LogP contribution in [0.3, 0.4) is 0 Å². The Bertz CT molecular complexity index is 756. The highest BCUT2D eigenvalue weighted by Crippen LogP contribution is 2.78. The van der Waals surface area contributed by atoms with E-state index in [4.69, 9.17) is 4.74 Å². The lowest BCUT2D eigenvalue weighted by atomic mass is 9.30. The van der Waals surface area contributed by atoms with Gasteiger partial charge < -0.3 is 4.74 Å². The highest BCUT2D eigenvalue weighted by atomic mass is 16.5. The summed E-state index contributed by atoms with van der Waals surface area (Å²) in [5.41, 5.74) is 3.14.